The van der Waals surface area contributed by atoms with E-state index >= 15 is 0 Å². The highest BCUT2D eigenvalue weighted by Gasteiger charge is 2.45. The van der Waals surface area contributed by atoms with E-state index in [1.54, 1.807) is 26.0 Å². The first-order valence-corrected chi connectivity index (χ1v) is 9.86. The Kier molecular flexibility index (Phi) is 5.27. The van der Waals surface area contributed by atoms with Gasteiger partial charge in [-0.25, -0.2) is 13.8 Å². The van der Waals surface area contributed by atoms with Crippen LogP contribution in [0.15, 0.2) is 60.7 Å². The fourth-order valence-corrected chi connectivity index (χ4v) is 3.72. The number of rotatable bonds is 5. The molecule has 0 saturated heterocycles. The molecule has 1 aliphatic heterocycles. The number of nitrogens with zero attached hydrogens (tertiary/aromatic N) is 2. The van der Waals surface area contributed by atoms with Crippen molar-refractivity contribution in [3.63, 3.8) is 0 Å². The molecule has 0 spiro atoms. The van der Waals surface area contributed by atoms with Gasteiger partial charge in [-0.1, -0.05) is 36.4 Å². The molecule has 2 amide bonds. The summed E-state index contributed by atoms with van der Waals surface area (Å²) >= 11 is 0. The molecule has 2 aromatic carbocycles. The largest absolute Gasteiger partial charge is 0.347 e. The van der Waals surface area contributed by atoms with E-state index in [4.69, 9.17) is 0 Å². The molecule has 0 saturated carbocycles. The number of hydrogen-bond acceptors (Lipinski definition) is 3. The third-order valence-corrected chi connectivity index (χ3v) is 5.38. The maximum atomic E-state index is 13.6. The van der Waals surface area contributed by atoms with E-state index in [2.05, 4.69) is 10.3 Å². The highest BCUT2D eigenvalue weighted by Crippen LogP contribution is 2.41. The summed E-state index contributed by atoms with van der Waals surface area (Å²) in [5.74, 6) is -1.74. The van der Waals surface area contributed by atoms with Crippen LogP contribution in [0.1, 0.15) is 41.0 Å². The van der Waals surface area contributed by atoms with Crippen LogP contribution in [-0.4, -0.2) is 16.8 Å². The van der Waals surface area contributed by atoms with Gasteiger partial charge in [0, 0.05) is 18.2 Å². The quantitative estimate of drug-likeness (QED) is 0.674. The van der Waals surface area contributed by atoms with E-state index in [1.807, 2.05) is 30.3 Å². The van der Waals surface area contributed by atoms with Crippen LogP contribution >= 0.6 is 0 Å². The predicted octanol–water partition coefficient (Wildman–Crippen LogP) is 4.11. The molecule has 7 heteroatoms. The average molecular weight is 421 g/mol. The van der Waals surface area contributed by atoms with Crippen LogP contribution in [-0.2, 0) is 23.3 Å². The van der Waals surface area contributed by atoms with Crippen LogP contribution < -0.4 is 10.2 Å². The minimum atomic E-state index is -0.868. The van der Waals surface area contributed by atoms with Crippen molar-refractivity contribution in [2.75, 3.05) is 4.90 Å². The molecule has 1 aliphatic rings. The molecular weight excluding hydrogens is 400 g/mol. The molecule has 1 aromatic heterocycles. The van der Waals surface area contributed by atoms with Crippen LogP contribution in [0.4, 0.5) is 14.6 Å². The molecule has 0 bridgehead atoms. The van der Waals surface area contributed by atoms with Gasteiger partial charge >= 0.3 is 0 Å². The number of fused-ring (bicyclic) bond motifs is 1. The lowest BCUT2D eigenvalue weighted by atomic mass is 9.87. The third kappa shape index (κ3) is 4.03. The van der Waals surface area contributed by atoms with Crippen LogP contribution in [0.3, 0.4) is 0 Å². The van der Waals surface area contributed by atoms with Crippen molar-refractivity contribution in [3.05, 3.63) is 94.7 Å². The number of halogens is 2. The number of nitrogens with one attached hydrogen (secondary N) is 1. The molecule has 2 heterocycles. The summed E-state index contributed by atoms with van der Waals surface area (Å²) in [5.41, 5.74) is 1.20. The number of aromatic nitrogens is 1. The van der Waals surface area contributed by atoms with Gasteiger partial charge in [0.25, 0.3) is 5.91 Å². The summed E-state index contributed by atoms with van der Waals surface area (Å²) in [6, 6.07) is 15.9. The third-order valence-electron chi connectivity index (χ3n) is 5.38. The normalized spacial score (nSPS) is 14.5. The first kappa shape index (κ1) is 20.7. The zero-order valence-electron chi connectivity index (χ0n) is 17.2. The summed E-state index contributed by atoms with van der Waals surface area (Å²) in [5, 5.41) is 2.81. The zero-order valence-corrected chi connectivity index (χ0v) is 17.2. The van der Waals surface area contributed by atoms with Crippen molar-refractivity contribution < 1.29 is 18.4 Å². The van der Waals surface area contributed by atoms with Crippen molar-refractivity contribution in [2.24, 2.45) is 0 Å². The fraction of sp³-hybridized carbons (Fsp3) is 0.208. The second-order valence-electron chi connectivity index (χ2n) is 8.03. The lowest BCUT2D eigenvalue weighted by Gasteiger charge is -2.20. The number of carbonyl (C=O) groups excluding carboxylic acids is 2. The molecule has 1 N–H and O–H groups in total. The van der Waals surface area contributed by atoms with E-state index in [1.165, 1.54) is 17.0 Å². The molecule has 0 atom stereocenters. The number of carbonyl (C=O) groups is 2. The van der Waals surface area contributed by atoms with E-state index in [0.717, 1.165) is 11.6 Å². The number of hydrogen-bond donors (Lipinski definition) is 1. The Labute approximate surface area is 178 Å². The van der Waals surface area contributed by atoms with Crippen LogP contribution in [0.2, 0.25) is 0 Å². The van der Waals surface area contributed by atoms with Crippen molar-refractivity contribution in [3.8, 4) is 0 Å². The van der Waals surface area contributed by atoms with E-state index in [9.17, 15) is 18.4 Å². The topological polar surface area (TPSA) is 62.3 Å². The van der Waals surface area contributed by atoms with Gasteiger partial charge in [-0.15, -0.1) is 0 Å². The second kappa shape index (κ2) is 7.91. The summed E-state index contributed by atoms with van der Waals surface area (Å²) in [7, 11) is 0. The molecule has 4 rings (SSSR count). The van der Waals surface area contributed by atoms with Gasteiger partial charge in [-0.3, -0.25) is 14.5 Å². The van der Waals surface area contributed by atoms with Crippen LogP contribution in [0, 0.1) is 11.6 Å². The number of anilines is 1. The minimum Gasteiger partial charge on any atom is -0.347 e. The summed E-state index contributed by atoms with van der Waals surface area (Å²) in [6.45, 7) is 3.81. The summed E-state index contributed by atoms with van der Waals surface area (Å²) in [6.07, 6.45) is 0. The van der Waals surface area contributed by atoms with Crippen molar-refractivity contribution in [2.45, 2.75) is 32.4 Å². The Morgan fingerprint density at radius 2 is 1.68 bits per heavy atom. The molecule has 3 aromatic rings. The van der Waals surface area contributed by atoms with E-state index in [0.29, 0.717) is 23.5 Å². The second-order valence-corrected chi connectivity index (χ2v) is 8.03. The predicted molar refractivity (Wildman–Crippen MR) is 112 cm³/mol. The Morgan fingerprint density at radius 3 is 2.35 bits per heavy atom. The monoisotopic (exact) mass is 421 g/mol. The lowest BCUT2D eigenvalue weighted by molar-refractivity contribution is -0.122. The van der Waals surface area contributed by atoms with Gasteiger partial charge in [0.1, 0.15) is 23.1 Å². The van der Waals surface area contributed by atoms with Crippen molar-refractivity contribution >= 4 is 17.6 Å². The SMILES string of the molecule is CC1(C)C(=O)N(Cc2cc(F)cc(F)c2)c2nc(C(=O)NCc3ccccc3)ccc21. The molecule has 0 fully saturated rings. The standard InChI is InChI=1S/C24H21F2N3O2/c1-24(2)19-8-9-20(22(30)27-13-15-6-4-3-5-7-15)28-21(19)29(23(24)31)14-16-10-17(25)12-18(26)11-16/h3-12H,13-14H2,1-2H3,(H,27,30). The van der Waals surface area contributed by atoms with Gasteiger partial charge in [0.15, 0.2) is 0 Å². The first-order valence-electron chi connectivity index (χ1n) is 9.86. The van der Waals surface area contributed by atoms with Crippen LogP contribution in [0.5, 0.6) is 0 Å². The first-order chi connectivity index (χ1) is 14.8. The smallest absolute Gasteiger partial charge is 0.270 e. The van der Waals surface area contributed by atoms with Gasteiger partial charge in [0.05, 0.1) is 12.0 Å². The van der Waals surface area contributed by atoms with Crippen molar-refractivity contribution in [1.82, 2.24) is 10.3 Å². The zero-order chi connectivity index (χ0) is 22.2. The molecule has 31 heavy (non-hydrogen) atoms. The number of benzene rings is 2. The Morgan fingerprint density at radius 1 is 1.00 bits per heavy atom. The highest BCUT2D eigenvalue weighted by molar-refractivity contribution is 6.07. The van der Waals surface area contributed by atoms with Crippen LogP contribution in [0.25, 0.3) is 0 Å². The molecule has 0 aliphatic carbocycles. The van der Waals surface area contributed by atoms with Gasteiger partial charge in [0.2, 0.25) is 5.91 Å². The maximum Gasteiger partial charge on any atom is 0.270 e. The number of amides is 2. The van der Waals surface area contributed by atoms with Gasteiger partial charge < -0.3 is 5.32 Å². The van der Waals surface area contributed by atoms with Gasteiger partial charge in [-0.2, -0.15) is 0 Å². The Balaban J connectivity index is 1.62. The van der Waals surface area contributed by atoms with Gasteiger partial charge in [-0.05, 0) is 43.2 Å². The molecular formula is C24H21F2N3O2. The van der Waals surface area contributed by atoms with E-state index < -0.39 is 17.0 Å². The molecule has 0 radical (unpaired) electrons. The Bertz CT molecular complexity index is 1140. The molecule has 0 unspecified atom stereocenters. The van der Waals surface area contributed by atoms with Crippen molar-refractivity contribution in [1.29, 1.82) is 0 Å². The fourth-order valence-electron chi connectivity index (χ4n) is 3.72. The van der Waals surface area contributed by atoms with E-state index in [-0.39, 0.29) is 24.1 Å². The minimum absolute atomic E-state index is 0.0496. The lowest BCUT2D eigenvalue weighted by Crippen LogP contribution is -2.36. The molecule has 5 nitrogen and oxygen atoms in total. The summed E-state index contributed by atoms with van der Waals surface area (Å²) in [4.78, 5) is 31.5. The molecule has 158 valence electrons. The maximum absolute atomic E-state index is 13.6. The highest BCUT2D eigenvalue weighted by atomic mass is 19.1. The average Bonchev–Trinajstić information content (AvgIpc) is 2.92. The number of pyridine rings is 1. The summed E-state index contributed by atoms with van der Waals surface area (Å²) < 4.78 is 27.3. The Hall–Kier alpha value is -3.61.